The largest absolute Gasteiger partial charge is 0.484 e. The maximum atomic E-state index is 12.3. The van der Waals surface area contributed by atoms with E-state index in [-0.39, 0.29) is 51.0 Å². The van der Waals surface area contributed by atoms with Crippen molar-refractivity contribution in [2.45, 2.75) is 6.61 Å². The molecule has 0 bridgehead atoms. The van der Waals surface area contributed by atoms with Crippen LogP contribution < -0.4 is 10.1 Å². The number of carbonyl (C=O) groups excluding carboxylic acids is 1. The number of furan rings is 1. The number of benzene rings is 2. The topological polar surface area (TPSA) is 138 Å². The van der Waals surface area contributed by atoms with Gasteiger partial charge < -0.3 is 14.5 Å². The predicted octanol–water partition coefficient (Wildman–Crippen LogP) is 5.23. The minimum atomic E-state index is -0.683. The third-order valence-electron chi connectivity index (χ3n) is 3.79. The molecule has 30 heavy (non-hydrogen) atoms. The molecule has 154 valence electrons. The number of anilines is 1. The Morgan fingerprint density at radius 1 is 0.967 bits per heavy atom. The van der Waals surface area contributed by atoms with E-state index in [1.165, 1.54) is 42.5 Å². The van der Waals surface area contributed by atoms with Crippen LogP contribution in [0, 0.1) is 20.2 Å². The van der Waals surface area contributed by atoms with Crippen molar-refractivity contribution in [1.29, 1.82) is 0 Å². The minimum absolute atomic E-state index is 0.0495. The van der Waals surface area contributed by atoms with Crippen molar-refractivity contribution < 1.29 is 23.8 Å². The highest BCUT2D eigenvalue weighted by Gasteiger charge is 2.17. The van der Waals surface area contributed by atoms with Gasteiger partial charge in [0.1, 0.15) is 18.1 Å². The number of amides is 1. The van der Waals surface area contributed by atoms with Crippen molar-refractivity contribution in [2.24, 2.45) is 0 Å². The molecule has 0 unspecified atom stereocenters. The SMILES string of the molecule is O=C(Nc1cc([N+](=O)[O-])ccc1Cl)c1ccc(COc2cc([N+](=O)[O-])ccc2Cl)o1. The number of halogens is 2. The monoisotopic (exact) mass is 451 g/mol. The molecule has 1 heterocycles. The van der Waals surface area contributed by atoms with Crippen LogP contribution in [0.3, 0.4) is 0 Å². The molecule has 0 spiro atoms. The molecule has 3 aromatic rings. The Kier molecular flexibility index (Phi) is 6.19. The molecular weight excluding hydrogens is 441 g/mol. The first kappa shape index (κ1) is 21.1. The predicted molar refractivity (Wildman–Crippen MR) is 107 cm³/mol. The van der Waals surface area contributed by atoms with Gasteiger partial charge in [-0.1, -0.05) is 23.2 Å². The van der Waals surface area contributed by atoms with E-state index >= 15 is 0 Å². The summed E-state index contributed by atoms with van der Waals surface area (Å²) >= 11 is 11.9. The summed E-state index contributed by atoms with van der Waals surface area (Å²) in [6.07, 6.45) is 0. The van der Waals surface area contributed by atoms with Gasteiger partial charge in [0.15, 0.2) is 5.76 Å². The van der Waals surface area contributed by atoms with Gasteiger partial charge in [-0.2, -0.15) is 0 Å². The average Bonchev–Trinajstić information content (AvgIpc) is 3.17. The van der Waals surface area contributed by atoms with Crippen LogP contribution in [-0.4, -0.2) is 15.8 Å². The second kappa shape index (κ2) is 8.80. The van der Waals surface area contributed by atoms with Crippen LogP contribution in [0.1, 0.15) is 16.3 Å². The number of carbonyl (C=O) groups is 1. The molecule has 0 fully saturated rings. The van der Waals surface area contributed by atoms with Gasteiger partial charge in [0.25, 0.3) is 17.3 Å². The molecular formula is C18H11Cl2N3O7. The van der Waals surface area contributed by atoms with Crippen molar-refractivity contribution in [3.05, 3.63) is 90.3 Å². The fraction of sp³-hybridized carbons (Fsp3) is 0.0556. The fourth-order valence-electron chi connectivity index (χ4n) is 2.35. The molecule has 1 amide bonds. The highest BCUT2D eigenvalue weighted by molar-refractivity contribution is 6.34. The van der Waals surface area contributed by atoms with Crippen LogP contribution in [0.2, 0.25) is 10.0 Å². The second-order valence-electron chi connectivity index (χ2n) is 5.80. The summed E-state index contributed by atoms with van der Waals surface area (Å²) < 4.78 is 10.8. The Hall–Kier alpha value is -3.63. The summed E-state index contributed by atoms with van der Waals surface area (Å²) in [6.45, 7) is -0.147. The van der Waals surface area contributed by atoms with Crippen molar-refractivity contribution in [1.82, 2.24) is 0 Å². The molecule has 0 saturated heterocycles. The zero-order chi connectivity index (χ0) is 21.8. The van der Waals surface area contributed by atoms with Gasteiger partial charge >= 0.3 is 0 Å². The molecule has 1 aromatic heterocycles. The van der Waals surface area contributed by atoms with E-state index in [0.717, 1.165) is 6.07 Å². The highest BCUT2D eigenvalue weighted by Crippen LogP contribution is 2.30. The minimum Gasteiger partial charge on any atom is -0.484 e. The molecule has 3 rings (SSSR count). The van der Waals surface area contributed by atoms with E-state index in [4.69, 9.17) is 32.4 Å². The van der Waals surface area contributed by atoms with Crippen LogP contribution in [0.4, 0.5) is 17.1 Å². The van der Waals surface area contributed by atoms with Crippen molar-refractivity contribution in [2.75, 3.05) is 5.32 Å². The molecule has 0 saturated carbocycles. The summed E-state index contributed by atoms with van der Waals surface area (Å²) in [6, 6.07) is 10.2. The first-order valence-electron chi connectivity index (χ1n) is 8.15. The molecule has 1 N–H and O–H groups in total. The molecule has 0 aliphatic heterocycles. The first-order chi connectivity index (χ1) is 14.2. The third-order valence-corrected chi connectivity index (χ3v) is 4.43. The number of hydrogen-bond donors (Lipinski definition) is 1. The summed E-state index contributed by atoms with van der Waals surface area (Å²) in [5.41, 5.74) is -0.381. The van der Waals surface area contributed by atoms with Gasteiger partial charge in [-0.15, -0.1) is 0 Å². The Labute approximate surface area is 178 Å². The van der Waals surface area contributed by atoms with E-state index in [2.05, 4.69) is 5.32 Å². The van der Waals surface area contributed by atoms with E-state index in [9.17, 15) is 25.0 Å². The Balaban J connectivity index is 1.69. The smallest absolute Gasteiger partial charge is 0.291 e. The van der Waals surface area contributed by atoms with Crippen LogP contribution in [0.15, 0.2) is 52.9 Å². The lowest BCUT2D eigenvalue weighted by Crippen LogP contribution is -2.11. The number of non-ortho nitro benzene ring substituents is 2. The molecule has 0 aliphatic rings. The van der Waals surface area contributed by atoms with E-state index in [0.29, 0.717) is 0 Å². The molecule has 0 atom stereocenters. The molecule has 0 radical (unpaired) electrons. The summed E-state index contributed by atoms with van der Waals surface area (Å²) in [7, 11) is 0. The lowest BCUT2D eigenvalue weighted by Gasteiger charge is -2.07. The van der Waals surface area contributed by atoms with Gasteiger partial charge in [0.05, 0.1) is 31.6 Å². The van der Waals surface area contributed by atoms with Gasteiger partial charge in [-0.05, 0) is 24.3 Å². The summed E-state index contributed by atoms with van der Waals surface area (Å²) in [5.74, 6) is -0.456. The quantitative estimate of drug-likeness (QED) is 0.382. The molecule has 10 nitrogen and oxygen atoms in total. The zero-order valence-electron chi connectivity index (χ0n) is 14.8. The maximum absolute atomic E-state index is 12.3. The lowest BCUT2D eigenvalue weighted by molar-refractivity contribution is -0.385. The van der Waals surface area contributed by atoms with Crippen molar-refractivity contribution in [3.63, 3.8) is 0 Å². The van der Waals surface area contributed by atoms with Crippen molar-refractivity contribution in [3.8, 4) is 5.75 Å². The van der Waals surface area contributed by atoms with Crippen LogP contribution in [0.5, 0.6) is 5.75 Å². The summed E-state index contributed by atoms with van der Waals surface area (Å²) in [5, 5.41) is 24.4. The van der Waals surface area contributed by atoms with Crippen molar-refractivity contribution >= 4 is 46.2 Å². The summed E-state index contributed by atoms with van der Waals surface area (Å²) in [4.78, 5) is 32.8. The number of nitrogens with one attached hydrogen (secondary N) is 1. The Morgan fingerprint density at radius 2 is 1.60 bits per heavy atom. The number of nitro benzene ring substituents is 2. The molecule has 12 heteroatoms. The number of nitrogens with zero attached hydrogens (tertiary/aromatic N) is 2. The Bertz CT molecular complexity index is 1150. The van der Waals surface area contributed by atoms with Gasteiger partial charge in [-0.25, -0.2) is 0 Å². The molecule has 0 aliphatic carbocycles. The van der Waals surface area contributed by atoms with E-state index in [1.54, 1.807) is 0 Å². The average molecular weight is 452 g/mol. The maximum Gasteiger partial charge on any atom is 0.291 e. The zero-order valence-corrected chi connectivity index (χ0v) is 16.3. The number of hydrogen-bond acceptors (Lipinski definition) is 7. The van der Waals surface area contributed by atoms with Gasteiger partial charge in [0.2, 0.25) is 0 Å². The van der Waals surface area contributed by atoms with Crippen LogP contribution in [-0.2, 0) is 6.61 Å². The number of nitro groups is 2. The van der Waals surface area contributed by atoms with Crippen LogP contribution >= 0.6 is 23.2 Å². The highest BCUT2D eigenvalue weighted by atomic mass is 35.5. The first-order valence-corrected chi connectivity index (χ1v) is 8.91. The van der Waals surface area contributed by atoms with Gasteiger partial charge in [-0.3, -0.25) is 25.0 Å². The normalized spacial score (nSPS) is 10.5. The van der Waals surface area contributed by atoms with Gasteiger partial charge in [0, 0.05) is 18.2 Å². The number of rotatable bonds is 7. The van der Waals surface area contributed by atoms with Crippen LogP contribution in [0.25, 0.3) is 0 Å². The lowest BCUT2D eigenvalue weighted by atomic mass is 10.2. The van der Waals surface area contributed by atoms with E-state index < -0.39 is 15.8 Å². The second-order valence-corrected chi connectivity index (χ2v) is 6.62. The fourth-order valence-corrected chi connectivity index (χ4v) is 2.69. The number of ether oxygens (including phenoxy) is 1. The molecule has 2 aromatic carbocycles. The Morgan fingerprint density at radius 3 is 2.27 bits per heavy atom. The third kappa shape index (κ3) is 4.85. The standard InChI is InChI=1S/C18H11Cl2N3O7/c19-13-4-1-10(22(25)26)7-15(13)21-18(24)16-6-3-12(30-16)9-29-17-8-11(23(27)28)2-5-14(17)20/h1-8H,9H2,(H,21,24). The van der Waals surface area contributed by atoms with E-state index in [1.807, 2.05) is 0 Å².